The first kappa shape index (κ1) is 13.4. The number of fused-ring (bicyclic) bond motifs is 1. The van der Waals surface area contributed by atoms with Crippen molar-refractivity contribution in [1.82, 2.24) is 14.7 Å². The van der Waals surface area contributed by atoms with Crippen LogP contribution in [0.1, 0.15) is 23.0 Å². The van der Waals surface area contributed by atoms with E-state index in [9.17, 15) is 4.79 Å². The Hall–Kier alpha value is -2.30. The minimum atomic E-state index is -0.362. The summed E-state index contributed by atoms with van der Waals surface area (Å²) in [7, 11) is 0. The van der Waals surface area contributed by atoms with Crippen molar-refractivity contribution in [2.75, 3.05) is 13.1 Å². The standard InChI is InChI=1S/C17H19N3O2/c1-11-7-12(2)20(18-11)14-9-19(10-14)17(21)16-8-13-5-3-4-6-15(13)22-16/h3-7,14,16H,8-10H2,1-2H3/t16-/m1/s1. The van der Waals surface area contributed by atoms with Crippen molar-refractivity contribution in [3.05, 3.63) is 47.3 Å². The molecule has 2 aliphatic heterocycles. The number of carbonyl (C=O) groups is 1. The molecule has 0 radical (unpaired) electrons. The average Bonchev–Trinajstić information content (AvgIpc) is 3.00. The van der Waals surface area contributed by atoms with Crippen LogP contribution in [0.2, 0.25) is 0 Å². The maximum atomic E-state index is 12.5. The van der Waals surface area contributed by atoms with Crippen molar-refractivity contribution in [2.24, 2.45) is 0 Å². The fraction of sp³-hybridized carbons (Fsp3) is 0.412. The number of ether oxygens (including phenoxy) is 1. The lowest BCUT2D eigenvalue weighted by atomic mass is 10.1. The van der Waals surface area contributed by atoms with Crippen LogP contribution in [0.5, 0.6) is 5.75 Å². The molecule has 1 atom stereocenters. The number of hydrogen-bond donors (Lipinski definition) is 0. The van der Waals surface area contributed by atoms with E-state index in [-0.39, 0.29) is 12.0 Å². The molecule has 0 aliphatic carbocycles. The van der Waals surface area contributed by atoms with E-state index in [1.807, 2.05) is 40.8 Å². The zero-order valence-electron chi connectivity index (χ0n) is 12.8. The molecule has 0 N–H and O–H groups in total. The van der Waals surface area contributed by atoms with Crippen LogP contribution in [0.3, 0.4) is 0 Å². The summed E-state index contributed by atoms with van der Waals surface area (Å²) in [5.41, 5.74) is 3.30. The zero-order valence-corrected chi connectivity index (χ0v) is 12.8. The third-order valence-electron chi connectivity index (χ3n) is 4.49. The Morgan fingerprint density at radius 3 is 2.73 bits per heavy atom. The first-order valence-electron chi connectivity index (χ1n) is 7.68. The highest BCUT2D eigenvalue weighted by atomic mass is 16.5. The minimum absolute atomic E-state index is 0.0916. The van der Waals surface area contributed by atoms with Gasteiger partial charge in [0.2, 0.25) is 0 Å². The molecule has 22 heavy (non-hydrogen) atoms. The highest BCUT2D eigenvalue weighted by molar-refractivity contribution is 5.83. The van der Waals surface area contributed by atoms with Crippen LogP contribution in [-0.2, 0) is 11.2 Å². The van der Waals surface area contributed by atoms with E-state index < -0.39 is 0 Å². The van der Waals surface area contributed by atoms with Crippen LogP contribution in [0.25, 0.3) is 0 Å². The summed E-state index contributed by atoms with van der Waals surface area (Å²) in [5.74, 6) is 0.936. The van der Waals surface area contributed by atoms with Gasteiger partial charge >= 0.3 is 0 Å². The normalized spacial score (nSPS) is 20.5. The lowest BCUT2D eigenvalue weighted by Gasteiger charge is -2.40. The van der Waals surface area contributed by atoms with Crippen LogP contribution in [0.15, 0.2) is 30.3 Å². The largest absolute Gasteiger partial charge is 0.480 e. The number of amides is 1. The van der Waals surface area contributed by atoms with E-state index in [1.54, 1.807) is 0 Å². The minimum Gasteiger partial charge on any atom is -0.480 e. The second-order valence-corrected chi connectivity index (χ2v) is 6.19. The van der Waals surface area contributed by atoms with Crippen LogP contribution < -0.4 is 4.74 Å². The third-order valence-corrected chi connectivity index (χ3v) is 4.49. The predicted molar refractivity (Wildman–Crippen MR) is 81.9 cm³/mol. The topological polar surface area (TPSA) is 47.4 Å². The molecule has 1 fully saturated rings. The molecule has 3 heterocycles. The number of aryl methyl sites for hydroxylation is 2. The average molecular weight is 297 g/mol. The Labute approximate surface area is 129 Å². The third kappa shape index (κ3) is 2.08. The first-order valence-corrected chi connectivity index (χ1v) is 7.68. The molecular weight excluding hydrogens is 278 g/mol. The van der Waals surface area contributed by atoms with Gasteiger partial charge in [0.15, 0.2) is 6.10 Å². The molecule has 1 saturated heterocycles. The summed E-state index contributed by atoms with van der Waals surface area (Å²) >= 11 is 0. The molecule has 0 saturated carbocycles. The maximum Gasteiger partial charge on any atom is 0.264 e. The van der Waals surface area contributed by atoms with Crippen LogP contribution in [0, 0.1) is 13.8 Å². The molecule has 0 spiro atoms. The summed E-state index contributed by atoms with van der Waals surface area (Å²) < 4.78 is 7.81. The molecule has 4 rings (SSSR count). The van der Waals surface area contributed by atoms with Gasteiger partial charge in [0.25, 0.3) is 5.91 Å². The molecule has 1 amide bonds. The molecule has 1 aromatic carbocycles. The number of hydrogen-bond acceptors (Lipinski definition) is 3. The van der Waals surface area contributed by atoms with E-state index in [0.717, 1.165) is 35.8 Å². The van der Waals surface area contributed by atoms with Crippen LogP contribution >= 0.6 is 0 Å². The Balaban J connectivity index is 1.40. The molecule has 0 unspecified atom stereocenters. The lowest BCUT2D eigenvalue weighted by molar-refractivity contribution is -0.144. The number of benzene rings is 1. The summed E-state index contributed by atoms with van der Waals surface area (Å²) in [5, 5.41) is 4.50. The molecule has 2 aliphatic rings. The van der Waals surface area contributed by atoms with Gasteiger partial charge in [0.1, 0.15) is 5.75 Å². The fourth-order valence-electron chi connectivity index (χ4n) is 3.33. The lowest BCUT2D eigenvalue weighted by Crippen LogP contribution is -2.55. The highest BCUT2D eigenvalue weighted by Crippen LogP contribution is 2.31. The number of carbonyl (C=O) groups excluding carboxylic acids is 1. The fourth-order valence-corrected chi connectivity index (χ4v) is 3.33. The molecule has 2 aromatic rings. The Bertz CT molecular complexity index is 706. The van der Waals surface area contributed by atoms with Gasteiger partial charge in [-0.3, -0.25) is 9.48 Å². The quantitative estimate of drug-likeness (QED) is 0.850. The summed E-state index contributed by atoms with van der Waals surface area (Å²) in [6.45, 7) is 5.49. The molecule has 1 aromatic heterocycles. The van der Waals surface area contributed by atoms with Gasteiger partial charge in [0, 0.05) is 25.2 Å². The van der Waals surface area contributed by atoms with Crippen molar-refractivity contribution in [3.63, 3.8) is 0 Å². The number of para-hydroxylation sites is 1. The summed E-state index contributed by atoms with van der Waals surface area (Å²) in [4.78, 5) is 14.4. The van der Waals surface area contributed by atoms with E-state index >= 15 is 0 Å². The number of nitrogens with zero attached hydrogens (tertiary/aromatic N) is 3. The molecule has 114 valence electrons. The highest BCUT2D eigenvalue weighted by Gasteiger charge is 2.39. The van der Waals surface area contributed by atoms with Gasteiger partial charge in [-0.25, -0.2) is 0 Å². The zero-order chi connectivity index (χ0) is 15.3. The summed E-state index contributed by atoms with van der Waals surface area (Å²) in [6, 6.07) is 10.2. The predicted octanol–water partition coefficient (Wildman–Crippen LogP) is 1.89. The number of rotatable bonds is 2. The molecule has 5 nitrogen and oxygen atoms in total. The van der Waals surface area contributed by atoms with Crippen molar-refractivity contribution in [3.8, 4) is 5.75 Å². The first-order chi connectivity index (χ1) is 10.6. The van der Waals surface area contributed by atoms with Gasteiger partial charge < -0.3 is 9.64 Å². The van der Waals surface area contributed by atoms with Crippen molar-refractivity contribution >= 4 is 5.91 Å². The second kappa shape index (κ2) is 4.87. The monoisotopic (exact) mass is 297 g/mol. The summed E-state index contributed by atoms with van der Waals surface area (Å²) in [6.07, 6.45) is 0.314. The van der Waals surface area contributed by atoms with Crippen LogP contribution in [-0.4, -0.2) is 39.8 Å². The Morgan fingerprint density at radius 1 is 1.27 bits per heavy atom. The van der Waals surface area contributed by atoms with Gasteiger partial charge in [-0.2, -0.15) is 5.10 Å². The Kier molecular flexibility index (Phi) is 2.96. The van der Waals surface area contributed by atoms with E-state index in [1.165, 1.54) is 0 Å². The smallest absolute Gasteiger partial charge is 0.264 e. The van der Waals surface area contributed by atoms with Gasteiger partial charge in [-0.05, 0) is 31.5 Å². The van der Waals surface area contributed by atoms with Gasteiger partial charge in [-0.1, -0.05) is 18.2 Å². The van der Waals surface area contributed by atoms with Crippen molar-refractivity contribution in [2.45, 2.75) is 32.4 Å². The maximum absolute atomic E-state index is 12.5. The molecule has 5 heteroatoms. The van der Waals surface area contributed by atoms with E-state index in [2.05, 4.69) is 18.1 Å². The van der Waals surface area contributed by atoms with Crippen molar-refractivity contribution in [1.29, 1.82) is 0 Å². The van der Waals surface area contributed by atoms with E-state index in [0.29, 0.717) is 12.5 Å². The van der Waals surface area contributed by atoms with Crippen molar-refractivity contribution < 1.29 is 9.53 Å². The number of likely N-dealkylation sites (tertiary alicyclic amines) is 1. The second-order valence-electron chi connectivity index (χ2n) is 6.19. The van der Waals surface area contributed by atoms with Crippen LogP contribution in [0.4, 0.5) is 0 Å². The van der Waals surface area contributed by atoms with Gasteiger partial charge in [0.05, 0.1) is 11.7 Å². The molecular formula is C17H19N3O2. The molecule has 0 bridgehead atoms. The van der Waals surface area contributed by atoms with Gasteiger partial charge in [-0.15, -0.1) is 0 Å². The Morgan fingerprint density at radius 2 is 2.05 bits per heavy atom. The SMILES string of the molecule is Cc1cc(C)n(C2CN(C(=O)[C@H]3Cc4ccccc4O3)C2)n1. The number of aromatic nitrogens is 2. The van der Waals surface area contributed by atoms with E-state index in [4.69, 9.17) is 4.74 Å².